The van der Waals surface area contributed by atoms with E-state index >= 15 is 0 Å². The summed E-state index contributed by atoms with van der Waals surface area (Å²) >= 11 is 7.56. The van der Waals surface area contributed by atoms with Gasteiger partial charge in [-0.15, -0.1) is 11.8 Å². The van der Waals surface area contributed by atoms with Crippen LogP contribution in [0.1, 0.15) is 31.4 Å². The van der Waals surface area contributed by atoms with Crippen LogP contribution in [0, 0.1) is 6.92 Å². The first-order chi connectivity index (χ1) is 13.4. The molecule has 1 N–H and O–H groups in total. The van der Waals surface area contributed by atoms with Gasteiger partial charge in [-0.05, 0) is 50.1 Å². The van der Waals surface area contributed by atoms with Gasteiger partial charge in [-0.1, -0.05) is 48.4 Å². The number of hydrogen-bond acceptors (Lipinski definition) is 3. The molecular formula is C22H27ClN2O2S. The Labute approximate surface area is 176 Å². The third-order valence-corrected chi connectivity index (χ3v) is 5.57. The minimum atomic E-state index is -0.559. The van der Waals surface area contributed by atoms with Gasteiger partial charge in [0.1, 0.15) is 6.04 Å². The van der Waals surface area contributed by atoms with E-state index in [2.05, 4.69) is 5.32 Å². The molecule has 2 amide bonds. The number of halogens is 1. The Hall–Kier alpha value is -1.98. The molecule has 0 heterocycles. The molecule has 2 aromatic rings. The molecule has 28 heavy (non-hydrogen) atoms. The standard InChI is InChI=1S/C22H27ClN2O2S/c1-4-12-24-22(27)17(3)25(14-18-6-5-7-19(23)13-18)21(26)15-28-20-10-8-16(2)9-11-20/h5-11,13,17H,4,12,14-15H2,1-3H3,(H,24,27)/t17-/m1/s1. The van der Waals surface area contributed by atoms with E-state index in [1.807, 2.05) is 56.3 Å². The maximum Gasteiger partial charge on any atom is 0.242 e. The Morgan fingerprint density at radius 3 is 2.54 bits per heavy atom. The normalized spacial score (nSPS) is 11.7. The first-order valence-corrected chi connectivity index (χ1v) is 10.8. The van der Waals surface area contributed by atoms with Crippen LogP contribution in [0.4, 0.5) is 0 Å². The maximum atomic E-state index is 13.0. The third kappa shape index (κ3) is 6.88. The number of benzene rings is 2. The summed E-state index contributed by atoms with van der Waals surface area (Å²) in [4.78, 5) is 28.1. The summed E-state index contributed by atoms with van der Waals surface area (Å²) in [5.41, 5.74) is 2.08. The van der Waals surface area contributed by atoms with E-state index < -0.39 is 6.04 Å². The van der Waals surface area contributed by atoms with Crippen molar-refractivity contribution in [3.63, 3.8) is 0 Å². The number of hydrogen-bond donors (Lipinski definition) is 1. The van der Waals surface area contributed by atoms with E-state index in [0.29, 0.717) is 18.1 Å². The average Bonchev–Trinajstić information content (AvgIpc) is 2.69. The third-order valence-electron chi connectivity index (χ3n) is 4.34. The number of carbonyl (C=O) groups excluding carboxylic acids is 2. The molecule has 0 spiro atoms. The zero-order valence-electron chi connectivity index (χ0n) is 16.6. The Kier molecular flexibility index (Phi) is 8.87. The van der Waals surface area contributed by atoms with E-state index in [-0.39, 0.29) is 17.6 Å². The molecule has 0 saturated carbocycles. The van der Waals surface area contributed by atoms with Crippen molar-refractivity contribution in [2.24, 2.45) is 0 Å². The summed E-state index contributed by atoms with van der Waals surface area (Å²) in [6, 6.07) is 14.9. The molecule has 0 fully saturated rings. The van der Waals surface area contributed by atoms with Crippen LogP contribution < -0.4 is 5.32 Å². The van der Waals surface area contributed by atoms with Crippen LogP contribution in [-0.4, -0.2) is 35.1 Å². The van der Waals surface area contributed by atoms with Crippen LogP contribution in [0.15, 0.2) is 53.4 Å². The second-order valence-electron chi connectivity index (χ2n) is 6.72. The lowest BCUT2D eigenvalue weighted by atomic mass is 10.1. The fraction of sp³-hybridized carbons (Fsp3) is 0.364. The molecular weight excluding hydrogens is 392 g/mol. The highest BCUT2D eigenvalue weighted by molar-refractivity contribution is 8.00. The molecule has 0 unspecified atom stereocenters. The topological polar surface area (TPSA) is 49.4 Å². The minimum Gasteiger partial charge on any atom is -0.354 e. The molecule has 0 saturated heterocycles. The van der Waals surface area contributed by atoms with Crippen LogP contribution in [0.2, 0.25) is 5.02 Å². The molecule has 1 atom stereocenters. The number of aryl methyl sites for hydroxylation is 1. The highest BCUT2D eigenvalue weighted by Gasteiger charge is 2.26. The number of nitrogens with one attached hydrogen (secondary N) is 1. The van der Waals surface area contributed by atoms with E-state index in [1.165, 1.54) is 17.3 Å². The lowest BCUT2D eigenvalue weighted by Crippen LogP contribution is -2.48. The van der Waals surface area contributed by atoms with Gasteiger partial charge in [0, 0.05) is 23.0 Å². The fourth-order valence-electron chi connectivity index (χ4n) is 2.67. The number of amides is 2. The molecule has 0 aromatic heterocycles. The van der Waals surface area contributed by atoms with Crippen LogP contribution in [0.3, 0.4) is 0 Å². The molecule has 2 aromatic carbocycles. The molecule has 0 radical (unpaired) electrons. The summed E-state index contributed by atoms with van der Waals surface area (Å²) in [6.45, 7) is 6.74. The van der Waals surface area contributed by atoms with Crippen LogP contribution >= 0.6 is 23.4 Å². The smallest absolute Gasteiger partial charge is 0.242 e. The number of carbonyl (C=O) groups is 2. The number of nitrogens with zero attached hydrogens (tertiary/aromatic N) is 1. The van der Waals surface area contributed by atoms with Gasteiger partial charge in [-0.3, -0.25) is 9.59 Å². The Morgan fingerprint density at radius 2 is 1.89 bits per heavy atom. The average molecular weight is 419 g/mol. The second kappa shape index (κ2) is 11.1. The number of rotatable bonds is 9. The molecule has 6 heteroatoms. The zero-order valence-corrected chi connectivity index (χ0v) is 18.1. The summed E-state index contributed by atoms with van der Waals surface area (Å²) in [5.74, 6) is 0.0527. The molecule has 0 aliphatic carbocycles. The summed E-state index contributed by atoms with van der Waals surface area (Å²) in [5, 5.41) is 3.49. The second-order valence-corrected chi connectivity index (χ2v) is 8.21. The van der Waals surface area contributed by atoms with Crippen LogP contribution in [0.25, 0.3) is 0 Å². The first-order valence-electron chi connectivity index (χ1n) is 9.41. The maximum absolute atomic E-state index is 13.0. The van der Waals surface area contributed by atoms with Crippen molar-refractivity contribution in [1.82, 2.24) is 10.2 Å². The summed E-state index contributed by atoms with van der Waals surface area (Å²) in [7, 11) is 0. The minimum absolute atomic E-state index is 0.0790. The van der Waals surface area contributed by atoms with Gasteiger partial charge in [0.05, 0.1) is 5.75 Å². The van der Waals surface area contributed by atoms with Gasteiger partial charge in [0.2, 0.25) is 11.8 Å². The van der Waals surface area contributed by atoms with Gasteiger partial charge in [-0.25, -0.2) is 0 Å². The van der Waals surface area contributed by atoms with Gasteiger partial charge in [-0.2, -0.15) is 0 Å². The summed E-state index contributed by atoms with van der Waals surface area (Å²) in [6.07, 6.45) is 0.851. The SMILES string of the molecule is CCCNC(=O)[C@@H](C)N(Cc1cccc(Cl)c1)C(=O)CSc1ccc(C)cc1. The largest absolute Gasteiger partial charge is 0.354 e. The van der Waals surface area contributed by atoms with Crippen molar-refractivity contribution in [2.75, 3.05) is 12.3 Å². The quantitative estimate of drug-likeness (QED) is 0.601. The van der Waals surface area contributed by atoms with Crippen molar-refractivity contribution in [3.05, 3.63) is 64.7 Å². The Balaban J connectivity index is 2.12. The number of thioether (sulfide) groups is 1. The molecule has 0 bridgehead atoms. The predicted molar refractivity (Wildman–Crippen MR) is 117 cm³/mol. The Bertz CT molecular complexity index is 795. The highest BCUT2D eigenvalue weighted by atomic mass is 35.5. The summed E-state index contributed by atoms with van der Waals surface area (Å²) < 4.78 is 0. The first kappa shape index (κ1) is 22.3. The van der Waals surface area contributed by atoms with Gasteiger partial charge in [0.25, 0.3) is 0 Å². The predicted octanol–water partition coefficient (Wildman–Crippen LogP) is 4.68. The van der Waals surface area contributed by atoms with Crippen molar-refractivity contribution in [3.8, 4) is 0 Å². The van der Waals surface area contributed by atoms with Crippen molar-refractivity contribution in [2.45, 2.75) is 44.7 Å². The monoisotopic (exact) mass is 418 g/mol. The van der Waals surface area contributed by atoms with Gasteiger partial charge >= 0.3 is 0 Å². The van der Waals surface area contributed by atoms with Gasteiger partial charge in [0.15, 0.2) is 0 Å². The molecule has 4 nitrogen and oxygen atoms in total. The van der Waals surface area contributed by atoms with Gasteiger partial charge < -0.3 is 10.2 Å². The van der Waals surface area contributed by atoms with Crippen molar-refractivity contribution < 1.29 is 9.59 Å². The van der Waals surface area contributed by atoms with Crippen LogP contribution in [0.5, 0.6) is 0 Å². The van der Waals surface area contributed by atoms with E-state index in [1.54, 1.807) is 17.9 Å². The molecule has 2 rings (SSSR count). The highest BCUT2D eigenvalue weighted by Crippen LogP contribution is 2.21. The Morgan fingerprint density at radius 1 is 1.18 bits per heavy atom. The zero-order chi connectivity index (χ0) is 20.5. The van der Waals surface area contributed by atoms with Crippen molar-refractivity contribution >= 4 is 35.2 Å². The van der Waals surface area contributed by atoms with E-state index in [9.17, 15) is 9.59 Å². The van der Waals surface area contributed by atoms with E-state index in [4.69, 9.17) is 11.6 Å². The lowest BCUT2D eigenvalue weighted by molar-refractivity contribution is -0.138. The van der Waals surface area contributed by atoms with E-state index in [0.717, 1.165) is 16.9 Å². The fourth-order valence-corrected chi connectivity index (χ4v) is 3.67. The lowest BCUT2D eigenvalue weighted by Gasteiger charge is -2.28. The molecule has 0 aliphatic heterocycles. The molecule has 0 aliphatic rings. The van der Waals surface area contributed by atoms with Crippen molar-refractivity contribution in [1.29, 1.82) is 0 Å². The van der Waals surface area contributed by atoms with Crippen LogP contribution in [-0.2, 0) is 16.1 Å². The molecule has 150 valence electrons.